The van der Waals surface area contributed by atoms with E-state index in [2.05, 4.69) is 37.2 Å². The molecule has 4 unspecified atom stereocenters. The van der Waals surface area contributed by atoms with E-state index in [9.17, 15) is 48.3 Å². The number of carbonyl (C=O) groups is 9. The second kappa shape index (κ2) is 29.2. The third-order valence-electron chi connectivity index (χ3n) is 11.0. The minimum absolute atomic E-state index is 0.0195. The van der Waals surface area contributed by atoms with Crippen molar-refractivity contribution in [3.8, 4) is 0 Å². The minimum atomic E-state index is -1.35. The topological polar surface area (TPSA) is 310 Å². The summed E-state index contributed by atoms with van der Waals surface area (Å²) < 4.78 is 0. The number of benzene rings is 4. The van der Waals surface area contributed by atoms with Gasteiger partial charge >= 0.3 is 5.97 Å². The molecule has 19 heteroatoms. The lowest BCUT2D eigenvalue weighted by Gasteiger charge is -2.26. The van der Waals surface area contributed by atoms with E-state index in [1.807, 2.05) is 30.3 Å². The first kappa shape index (κ1) is 54.8. The van der Waals surface area contributed by atoms with Crippen molar-refractivity contribution in [3.05, 3.63) is 144 Å². The van der Waals surface area contributed by atoms with Crippen LogP contribution in [0.15, 0.2) is 121 Å². The number of hydrogen-bond acceptors (Lipinski definition) is 11. The molecule has 0 saturated heterocycles. The van der Waals surface area contributed by atoms with Crippen LogP contribution < -0.4 is 48.7 Å². The van der Waals surface area contributed by atoms with Crippen molar-refractivity contribution in [2.24, 2.45) is 11.5 Å². The second-order valence-corrected chi connectivity index (χ2v) is 16.7. The van der Waals surface area contributed by atoms with Crippen molar-refractivity contribution in [2.75, 3.05) is 19.6 Å². The predicted molar refractivity (Wildman–Crippen MR) is 260 cm³/mol. The maximum Gasteiger partial charge on any atom is 0.305 e. The molecule has 372 valence electrons. The van der Waals surface area contributed by atoms with Crippen LogP contribution in [0.25, 0.3) is 0 Å². The highest BCUT2D eigenvalue weighted by Gasteiger charge is 2.31. The molecule has 4 rings (SSSR count). The Morgan fingerprint density at radius 3 is 1.21 bits per heavy atom. The summed E-state index contributed by atoms with van der Waals surface area (Å²) in [6.07, 6.45) is 0.506. The molecule has 0 fully saturated rings. The standard InChI is InChI=1S/C51H63N9O10/c1-33(61)40(30-46(64)65)59-51(70)43(29-37-22-12-5-13-23-37)57-45(63)32-55-48(67)41(27-35-18-8-3-9-19-35)60-49(68)39(24-14-15-25-52)58-50(69)42(28-36-20-10-4-11-21-36)56-44(62)31-54-47(66)38(53)26-34-16-6-2-7-17-34/h2-13,16-23,38-43H,14-15,24-32,52-53H2,1H3,(H,54,66)(H,55,67)(H,56,62)(H,57,63)(H,58,69)(H,59,70)(H,60,68)(H,64,65)/t38?,39-,40-,41?,42?,43?/m0/s1. The van der Waals surface area contributed by atoms with Crippen molar-refractivity contribution in [1.29, 1.82) is 0 Å². The fourth-order valence-corrected chi connectivity index (χ4v) is 7.27. The molecular formula is C51H63N9O10. The number of aliphatic carboxylic acids is 1. The predicted octanol–water partition coefficient (Wildman–Crippen LogP) is 0.134. The fraction of sp³-hybridized carbons (Fsp3) is 0.353. The summed E-state index contributed by atoms with van der Waals surface area (Å²) in [5.74, 6) is -7.03. The van der Waals surface area contributed by atoms with Crippen LogP contribution in [0.3, 0.4) is 0 Å². The molecule has 0 aromatic heterocycles. The number of carboxylic acids is 1. The highest BCUT2D eigenvalue weighted by molar-refractivity contribution is 5.97. The average molecular weight is 962 g/mol. The molecule has 7 amide bonds. The number of nitrogens with two attached hydrogens (primary N) is 2. The monoisotopic (exact) mass is 961 g/mol. The Labute approximate surface area is 406 Å². The van der Waals surface area contributed by atoms with Crippen LogP contribution in [-0.2, 0) is 68.8 Å². The summed E-state index contributed by atoms with van der Waals surface area (Å²) in [7, 11) is 0. The zero-order valence-corrected chi connectivity index (χ0v) is 39.1. The number of unbranched alkanes of at least 4 members (excludes halogenated alkanes) is 1. The van der Waals surface area contributed by atoms with Gasteiger partial charge in [-0.3, -0.25) is 43.2 Å². The van der Waals surface area contributed by atoms with E-state index in [1.54, 1.807) is 91.0 Å². The van der Waals surface area contributed by atoms with Gasteiger partial charge in [-0.2, -0.15) is 0 Å². The van der Waals surface area contributed by atoms with E-state index in [0.717, 1.165) is 12.5 Å². The van der Waals surface area contributed by atoms with E-state index in [4.69, 9.17) is 11.5 Å². The molecule has 0 spiro atoms. The van der Waals surface area contributed by atoms with Gasteiger partial charge in [0.1, 0.15) is 24.2 Å². The zero-order chi connectivity index (χ0) is 50.8. The van der Waals surface area contributed by atoms with Crippen LogP contribution in [0.4, 0.5) is 0 Å². The van der Waals surface area contributed by atoms with Crippen LogP contribution in [0.5, 0.6) is 0 Å². The van der Waals surface area contributed by atoms with Crippen LogP contribution in [0.2, 0.25) is 0 Å². The molecule has 19 nitrogen and oxygen atoms in total. The molecule has 4 aromatic rings. The van der Waals surface area contributed by atoms with Crippen LogP contribution in [0, 0.1) is 0 Å². The zero-order valence-electron chi connectivity index (χ0n) is 39.1. The van der Waals surface area contributed by atoms with Gasteiger partial charge in [-0.15, -0.1) is 0 Å². The third-order valence-corrected chi connectivity index (χ3v) is 11.0. The summed E-state index contributed by atoms with van der Waals surface area (Å²) in [5.41, 5.74) is 14.7. The smallest absolute Gasteiger partial charge is 0.305 e. The van der Waals surface area contributed by atoms with E-state index < -0.39 is 109 Å². The lowest BCUT2D eigenvalue weighted by atomic mass is 10.0. The summed E-state index contributed by atoms with van der Waals surface area (Å²) in [6, 6.07) is 28.0. The molecule has 70 heavy (non-hydrogen) atoms. The fourth-order valence-electron chi connectivity index (χ4n) is 7.27. The number of Topliss-reactive ketones (excluding diaryl/α,β-unsaturated/α-hetero) is 1. The van der Waals surface area contributed by atoms with Crippen LogP contribution in [-0.4, -0.2) is 114 Å². The van der Waals surface area contributed by atoms with Gasteiger partial charge in [0.15, 0.2) is 5.78 Å². The number of carboxylic acid groups (broad SMARTS) is 1. The Balaban J connectivity index is 1.48. The van der Waals surface area contributed by atoms with Crippen molar-refractivity contribution < 1.29 is 48.3 Å². The maximum atomic E-state index is 14.2. The summed E-state index contributed by atoms with van der Waals surface area (Å²) in [5, 5.41) is 27.4. The van der Waals surface area contributed by atoms with Gasteiger partial charge in [-0.25, -0.2) is 0 Å². The Kier molecular flexibility index (Phi) is 22.9. The Morgan fingerprint density at radius 1 is 0.457 bits per heavy atom. The molecule has 0 aliphatic carbocycles. The van der Waals surface area contributed by atoms with Gasteiger partial charge < -0.3 is 53.8 Å². The average Bonchev–Trinajstić information content (AvgIpc) is 3.34. The van der Waals surface area contributed by atoms with Crippen molar-refractivity contribution in [3.63, 3.8) is 0 Å². The quantitative estimate of drug-likeness (QED) is 0.0325. The first-order chi connectivity index (χ1) is 33.6. The molecule has 4 aromatic carbocycles. The Morgan fingerprint density at radius 2 is 0.814 bits per heavy atom. The van der Waals surface area contributed by atoms with E-state index >= 15 is 0 Å². The molecular weight excluding hydrogens is 899 g/mol. The second-order valence-electron chi connectivity index (χ2n) is 16.7. The van der Waals surface area contributed by atoms with Crippen molar-refractivity contribution >= 4 is 53.1 Å². The van der Waals surface area contributed by atoms with Gasteiger partial charge in [-0.1, -0.05) is 121 Å². The molecule has 0 saturated carbocycles. The normalized spacial score (nSPS) is 13.4. The first-order valence-electron chi connectivity index (χ1n) is 23.0. The number of carbonyl (C=O) groups excluding carboxylic acids is 8. The summed E-state index contributed by atoms with van der Waals surface area (Å²) in [6.45, 7) is 0.294. The highest BCUT2D eigenvalue weighted by Crippen LogP contribution is 2.10. The molecule has 12 N–H and O–H groups in total. The number of amides is 7. The minimum Gasteiger partial charge on any atom is -0.481 e. The van der Waals surface area contributed by atoms with Crippen molar-refractivity contribution in [1.82, 2.24) is 37.2 Å². The maximum absolute atomic E-state index is 14.2. The molecule has 0 aliphatic rings. The number of ketones is 1. The molecule has 0 heterocycles. The molecule has 0 aliphatic heterocycles. The number of hydrogen-bond donors (Lipinski definition) is 10. The first-order valence-corrected chi connectivity index (χ1v) is 23.0. The summed E-state index contributed by atoms with van der Waals surface area (Å²) >= 11 is 0. The van der Waals surface area contributed by atoms with Gasteiger partial charge in [0.05, 0.1) is 31.6 Å². The Bertz CT molecular complexity index is 2360. The van der Waals surface area contributed by atoms with E-state index in [-0.39, 0.29) is 32.1 Å². The van der Waals surface area contributed by atoms with Gasteiger partial charge in [0.25, 0.3) is 0 Å². The third kappa shape index (κ3) is 19.8. The number of rotatable bonds is 29. The van der Waals surface area contributed by atoms with Gasteiger partial charge in [-0.05, 0) is 61.4 Å². The van der Waals surface area contributed by atoms with Crippen molar-refractivity contribution in [2.45, 2.75) is 94.5 Å². The molecule has 6 atom stereocenters. The Hall–Kier alpha value is -7.77. The van der Waals surface area contributed by atoms with E-state index in [1.165, 1.54) is 0 Å². The number of nitrogens with one attached hydrogen (secondary N) is 7. The van der Waals surface area contributed by atoms with E-state index in [0.29, 0.717) is 36.1 Å². The van der Waals surface area contributed by atoms with Crippen LogP contribution in [0.1, 0.15) is 54.9 Å². The van der Waals surface area contributed by atoms with Gasteiger partial charge in [0, 0.05) is 19.3 Å². The summed E-state index contributed by atoms with van der Waals surface area (Å²) in [4.78, 5) is 119. The lowest BCUT2D eigenvalue weighted by molar-refractivity contribution is -0.140. The van der Waals surface area contributed by atoms with Gasteiger partial charge in [0.2, 0.25) is 41.4 Å². The lowest BCUT2D eigenvalue weighted by Crippen LogP contribution is -2.58. The molecule has 0 bridgehead atoms. The largest absolute Gasteiger partial charge is 0.481 e. The van der Waals surface area contributed by atoms with Crippen LogP contribution >= 0.6 is 0 Å². The highest BCUT2D eigenvalue weighted by atomic mass is 16.4. The SMILES string of the molecule is CC(=O)[C@H](CC(=O)O)NC(=O)C(Cc1ccccc1)NC(=O)CNC(=O)C(Cc1ccccc1)NC(=O)[C@H](CCCCN)NC(=O)C(Cc1ccccc1)NC(=O)CNC(=O)C(N)Cc1ccccc1. The molecule has 0 radical (unpaired) electrons.